The second-order valence-corrected chi connectivity index (χ2v) is 5.54. The molecule has 0 spiro atoms. The van der Waals surface area contributed by atoms with E-state index in [2.05, 4.69) is 4.40 Å². The van der Waals surface area contributed by atoms with Crippen LogP contribution in [0, 0.1) is 0 Å². The van der Waals surface area contributed by atoms with Crippen LogP contribution in [0.5, 0.6) is 5.75 Å². The van der Waals surface area contributed by atoms with E-state index < -0.39 is 10.3 Å². The molecule has 0 radical (unpaired) electrons. The van der Waals surface area contributed by atoms with Crippen LogP contribution in [0.2, 0.25) is 0 Å². The summed E-state index contributed by atoms with van der Waals surface area (Å²) in [7, 11) is -3.89. The third kappa shape index (κ3) is 2.13. The summed E-state index contributed by atoms with van der Waals surface area (Å²) >= 11 is 0. The fourth-order valence-electron chi connectivity index (χ4n) is 2.24. The molecule has 0 bridgehead atoms. The number of nitrogens with zero attached hydrogens (tertiary/aromatic N) is 1. The van der Waals surface area contributed by atoms with Gasteiger partial charge in [-0.15, -0.1) is 4.40 Å². The van der Waals surface area contributed by atoms with E-state index in [0.717, 1.165) is 19.3 Å². The van der Waals surface area contributed by atoms with E-state index >= 15 is 0 Å². The second kappa shape index (κ2) is 4.37. The van der Waals surface area contributed by atoms with Crippen molar-refractivity contribution in [3.05, 3.63) is 29.8 Å². The Balaban J connectivity index is 2.07. The maximum absolute atomic E-state index is 11.6. The molecule has 0 aliphatic carbocycles. The molecular weight excluding hydrogens is 254 g/mol. The van der Waals surface area contributed by atoms with Crippen molar-refractivity contribution in [3.8, 4) is 5.75 Å². The molecule has 1 saturated heterocycles. The highest BCUT2D eigenvalue weighted by molar-refractivity contribution is 7.86. The van der Waals surface area contributed by atoms with Crippen molar-refractivity contribution >= 4 is 16.0 Å². The first-order chi connectivity index (χ1) is 8.66. The molecule has 0 N–H and O–H groups in total. The quantitative estimate of drug-likeness (QED) is 0.776. The maximum atomic E-state index is 11.6. The van der Waals surface area contributed by atoms with Crippen molar-refractivity contribution in [3.63, 3.8) is 0 Å². The fourth-order valence-corrected chi connectivity index (χ4v) is 3.11. The molecule has 1 aromatic carbocycles. The average Bonchev–Trinajstić information content (AvgIpc) is 2.38. The number of para-hydroxylation sites is 1. The minimum Gasteiger partial charge on any atom is -0.372 e. The molecule has 96 valence electrons. The Labute approximate surface area is 106 Å². The monoisotopic (exact) mass is 267 g/mol. The summed E-state index contributed by atoms with van der Waals surface area (Å²) in [4.78, 5) is 0. The van der Waals surface area contributed by atoms with Crippen LogP contribution in [0.1, 0.15) is 24.8 Å². The first kappa shape index (κ1) is 11.7. The average molecular weight is 267 g/mol. The van der Waals surface area contributed by atoms with E-state index in [1.165, 1.54) is 0 Å². The minimum absolute atomic E-state index is 0.251. The highest BCUT2D eigenvalue weighted by Crippen LogP contribution is 2.30. The van der Waals surface area contributed by atoms with Crippen molar-refractivity contribution in [2.24, 2.45) is 4.40 Å². The summed E-state index contributed by atoms with van der Waals surface area (Å²) < 4.78 is 37.4. The van der Waals surface area contributed by atoms with E-state index in [1.807, 2.05) is 6.07 Å². The molecule has 1 fully saturated rings. The third-order valence-corrected chi connectivity index (χ3v) is 3.86. The van der Waals surface area contributed by atoms with Gasteiger partial charge in [-0.25, -0.2) is 0 Å². The second-order valence-electron chi connectivity index (χ2n) is 4.34. The minimum atomic E-state index is -3.89. The Kier molecular flexibility index (Phi) is 2.83. The zero-order chi connectivity index (χ0) is 12.6. The Hall–Kier alpha value is -1.40. The summed E-state index contributed by atoms with van der Waals surface area (Å²) in [5.74, 6) is 0.330. The number of ether oxygens (including phenoxy) is 1. The summed E-state index contributed by atoms with van der Waals surface area (Å²) in [5.41, 5.74) is 1.18. The standard InChI is InChI=1S/C12H13NO4S/c14-18(15)13-12(11-7-3-4-8-16-11)9-5-1-2-6-10(9)17-18/h1-2,5-6,11H,3-4,7-8H2. The summed E-state index contributed by atoms with van der Waals surface area (Å²) in [6.45, 7) is 0.646. The van der Waals surface area contributed by atoms with E-state index in [-0.39, 0.29) is 6.10 Å². The SMILES string of the molecule is O=S1(=O)N=C(C2CCCCO2)c2ccccc2O1. The molecule has 6 heteroatoms. The number of hydrogen-bond acceptors (Lipinski definition) is 4. The molecule has 0 saturated carbocycles. The van der Waals surface area contributed by atoms with Gasteiger partial charge in [0.1, 0.15) is 6.10 Å². The van der Waals surface area contributed by atoms with Crippen molar-refractivity contribution in [1.82, 2.24) is 0 Å². The van der Waals surface area contributed by atoms with Crippen molar-refractivity contribution in [2.75, 3.05) is 6.61 Å². The Morgan fingerprint density at radius 1 is 1.22 bits per heavy atom. The van der Waals surface area contributed by atoms with Gasteiger partial charge >= 0.3 is 10.3 Å². The normalized spacial score (nSPS) is 25.8. The molecule has 5 nitrogen and oxygen atoms in total. The molecule has 0 amide bonds. The van der Waals surface area contributed by atoms with Gasteiger partial charge in [0.05, 0.1) is 5.71 Å². The topological polar surface area (TPSA) is 65.0 Å². The lowest BCUT2D eigenvalue weighted by molar-refractivity contribution is 0.0589. The van der Waals surface area contributed by atoms with Gasteiger partial charge in [0.2, 0.25) is 0 Å². The number of hydrogen-bond donors (Lipinski definition) is 0. The lowest BCUT2D eigenvalue weighted by Gasteiger charge is -2.26. The summed E-state index contributed by atoms with van der Waals surface area (Å²) in [6, 6.07) is 7.00. The van der Waals surface area contributed by atoms with Crippen molar-refractivity contribution in [1.29, 1.82) is 0 Å². The van der Waals surface area contributed by atoms with E-state index in [0.29, 0.717) is 23.6 Å². The zero-order valence-corrected chi connectivity index (χ0v) is 10.5. The van der Waals surface area contributed by atoms with Crippen LogP contribution in [-0.4, -0.2) is 26.8 Å². The van der Waals surface area contributed by atoms with Crippen LogP contribution in [0.15, 0.2) is 28.7 Å². The molecule has 2 aliphatic heterocycles. The van der Waals surface area contributed by atoms with Gasteiger partial charge in [0, 0.05) is 12.2 Å². The number of fused-ring (bicyclic) bond motifs is 1. The van der Waals surface area contributed by atoms with Gasteiger partial charge < -0.3 is 8.92 Å². The van der Waals surface area contributed by atoms with Gasteiger partial charge in [-0.1, -0.05) is 12.1 Å². The van der Waals surface area contributed by atoms with Crippen LogP contribution in [0.25, 0.3) is 0 Å². The molecule has 3 rings (SSSR count). The summed E-state index contributed by atoms with van der Waals surface area (Å²) in [5, 5.41) is 0. The summed E-state index contributed by atoms with van der Waals surface area (Å²) in [6.07, 6.45) is 2.57. The van der Waals surface area contributed by atoms with Gasteiger partial charge in [0.15, 0.2) is 5.75 Å². The van der Waals surface area contributed by atoms with Gasteiger partial charge in [0.25, 0.3) is 0 Å². The zero-order valence-electron chi connectivity index (χ0n) is 9.70. The maximum Gasteiger partial charge on any atom is 0.428 e. The molecule has 2 aliphatic rings. The smallest absolute Gasteiger partial charge is 0.372 e. The molecule has 0 aromatic heterocycles. The largest absolute Gasteiger partial charge is 0.428 e. The molecule has 2 heterocycles. The van der Waals surface area contributed by atoms with Gasteiger partial charge in [-0.05, 0) is 31.4 Å². The molecule has 1 atom stereocenters. The van der Waals surface area contributed by atoms with E-state index in [4.69, 9.17) is 8.92 Å². The van der Waals surface area contributed by atoms with Gasteiger partial charge in [-0.2, -0.15) is 8.42 Å². The molecule has 1 unspecified atom stereocenters. The lowest BCUT2D eigenvalue weighted by Crippen LogP contribution is -2.32. The van der Waals surface area contributed by atoms with Crippen LogP contribution in [0.3, 0.4) is 0 Å². The highest BCUT2D eigenvalue weighted by atomic mass is 32.2. The lowest BCUT2D eigenvalue weighted by atomic mass is 9.98. The van der Waals surface area contributed by atoms with Crippen LogP contribution >= 0.6 is 0 Å². The van der Waals surface area contributed by atoms with E-state index in [9.17, 15) is 8.42 Å². The van der Waals surface area contributed by atoms with Crippen LogP contribution < -0.4 is 4.18 Å². The molecule has 1 aromatic rings. The molecular formula is C12H13NO4S. The van der Waals surface area contributed by atoms with Crippen molar-refractivity contribution in [2.45, 2.75) is 25.4 Å². The first-order valence-corrected chi connectivity index (χ1v) is 7.27. The van der Waals surface area contributed by atoms with E-state index in [1.54, 1.807) is 18.2 Å². The Morgan fingerprint density at radius 2 is 2.06 bits per heavy atom. The number of benzene rings is 1. The third-order valence-electron chi connectivity index (χ3n) is 3.05. The Morgan fingerprint density at radius 3 is 2.83 bits per heavy atom. The van der Waals surface area contributed by atoms with Gasteiger partial charge in [-0.3, -0.25) is 0 Å². The van der Waals surface area contributed by atoms with Crippen LogP contribution in [0.4, 0.5) is 0 Å². The first-order valence-electron chi connectivity index (χ1n) is 5.91. The van der Waals surface area contributed by atoms with Crippen molar-refractivity contribution < 1.29 is 17.3 Å². The predicted molar refractivity (Wildman–Crippen MR) is 66.1 cm³/mol. The predicted octanol–water partition coefficient (Wildman–Crippen LogP) is 1.68. The number of rotatable bonds is 1. The Bertz CT molecular complexity index is 588. The molecule has 18 heavy (non-hydrogen) atoms. The highest BCUT2D eigenvalue weighted by Gasteiger charge is 2.31. The fraction of sp³-hybridized carbons (Fsp3) is 0.417. The van der Waals surface area contributed by atoms with Crippen LogP contribution in [-0.2, 0) is 15.0 Å².